The average Bonchev–Trinajstić information content (AvgIpc) is 3.22. The topological polar surface area (TPSA) is 60.2 Å². The second-order valence-electron chi connectivity index (χ2n) is 6.04. The lowest BCUT2D eigenvalue weighted by atomic mass is 10.0. The highest BCUT2D eigenvalue weighted by atomic mass is 16.2. The summed E-state index contributed by atoms with van der Waals surface area (Å²) >= 11 is 0. The highest BCUT2D eigenvalue weighted by Crippen LogP contribution is 2.34. The van der Waals surface area contributed by atoms with E-state index in [1.807, 2.05) is 13.0 Å². The minimum absolute atomic E-state index is 0.246. The van der Waals surface area contributed by atoms with E-state index < -0.39 is 0 Å². The number of rotatable bonds is 3. The van der Waals surface area contributed by atoms with Gasteiger partial charge >= 0.3 is 0 Å². The van der Waals surface area contributed by atoms with Gasteiger partial charge in [-0.25, -0.2) is 4.98 Å². The van der Waals surface area contributed by atoms with E-state index in [0.717, 1.165) is 44.6 Å². The third kappa shape index (κ3) is 2.54. The summed E-state index contributed by atoms with van der Waals surface area (Å²) in [5, 5.41) is 9.33. The molecule has 0 bridgehead atoms. The summed E-state index contributed by atoms with van der Waals surface area (Å²) < 4.78 is 0. The molecule has 0 unspecified atom stereocenters. The molecule has 0 spiro atoms. The number of hydrogen-bond donors (Lipinski definition) is 0. The third-order valence-electron chi connectivity index (χ3n) is 4.84. The summed E-state index contributed by atoms with van der Waals surface area (Å²) in [5.41, 5.74) is 0.626. The Labute approximate surface area is 131 Å². The number of carbonyl (C=O) groups excluding carboxylic acids is 1. The second-order valence-corrected chi connectivity index (χ2v) is 6.04. The van der Waals surface area contributed by atoms with Crippen molar-refractivity contribution in [3.8, 4) is 6.07 Å². The lowest BCUT2D eigenvalue weighted by Crippen LogP contribution is -2.48. The molecule has 5 heteroatoms. The first-order valence-electron chi connectivity index (χ1n) is 8.17. The van der Waals surface area contributed by atoms with E-state index in [0.29, 0.717) is 18.0 Å². The molecule has 22 heavy (non-hydrogen) atoms. The van der Waals surface area contributed by atoms with Gasteiger partial charge in [0.2, 0.25) is 5.91 Å². The molecule has 3 heterocycles. The van der Waals surface area contributed by atoms with Crippen molar-refractivity contribution in [2.45, 2.75) is 51.1 Å². The number of likely N-dealkylation sites (tertiary alicyclic amines) is 1. The molecule has 0 radical (unpaired) electrons. The van der Waals surface area contributed by atoms with Crippen LogP contribution in [0.4, 0.5) is 5.82 Å². The molecule has 2 atom stereocenters. The Balaban J connectivity index is 1.87. The van der Waals surface area contributed by atoms with Gasteiger partial charge in [0.05, 0.1) is 17.6 Å². The van der Waals surface area contributed by atoms with Gasteiger partial charge in [-0.05, 0) is 37.8 Å². The number of nitriles is 1. The number of amides is 1. The van der Waals surface area contributed by atoms with Gasteiger partial charge in [-0.15, -0.1) is 0 Å². The Hall–Kier alpha value is -2.09. The fraction of sp³-hybridized carbons (Fsp3) is 0.588. The van der Waals surface area contributed by atoms with Crippen LogP contribution in [0.5, 0.6) is 0 Å². The van der Waals surface area contributed by atoms with Crippen LogP contribution in [-0.4, -0.2) is 41.0 Å². The first kappa shape index (κ1) is 14.8. The number of aromatic nitrogens is 1. The van der Waals surface area contributed by atoms with Crippen LogP contribution in [0.3, 0.4) is 0 Å². The smallest absolute Gasteiger partial charge is 0.222 e. The zero-order chi connectivity index (χ0) is 15.5. The zero-order valence-electron chi connectivity index (χ0n) is 13.0. The van der Waals surface area contributed by atoms with Gasteiger partial charge in [0.25, 0.3) is 0 Å². The Morgan fingerprint density at radius 2 is 2.14 bits per heavy atom. The lowest BCUT2D eigenvalue weighted by molar-refractivity contribution is -0.132. The fourth-order valence-corrected chi connectivity index (χ4v) is 3.87. The van der Waals surface area contributed by atoms with Gasteiger partial charge in [-0.2, -0.15) is 5.26 Å². The predicted molar refractivity (Wildman–Crippen MR) is 84.3 cm³/mol. The molecular weight excluding hydrogens is 276 g/mol. The minimum atomic E-state index is 0.246. The van der Waals surface area contributed by atoms with Gasteiger partial charge < -0.3 is 9.80 Å². The van der Waals surface area contributed by atoms with Crippen LogP contribution in [0.2, 0.25) is 0 Å². The monoisotopic (exact) mass is 298 g/mol. The molecular formula is C17H22N4O. The highest BCUT2D eigenvalue weighted by Gasteiger charge is 2.40. The van der Waals surface area contributed by atoms with E-state index in [-0.39, 0.29) is 11.9 Å². The molecule has 0 aliphatic carbocycles. The van der Waals surface area contributed by atoms with Crippen molar-refractivity contribution in [3.63, 3.8) is 0 Å². The van der Waals surface area contributed by atoms with Gasteiger partial charge in [0.15, 0.2) is 0 Å². The molecule has 116 valence electrons. The number of pyridine rings is 1. The van der Waals surface area contributed by atoms with Crippen molar-refractivity contribution in [3.05, 3.63) is 23.9 Å². The molecule has 2 aliphatic rings. The largest absolute Gasteiger partial charge is 0.350 e. The van der Waals surface area contributed by atoms with Crippen LogP contribution in [0.25, 0.3) is 0 Å². The maximum atomic E-state index is 12.2. The Morgan fingerprint density at radius 3 is 2.91 bits per heavy atom. The fourth-order valence-electron chi connectivity index (χ4n) is 3.87. The van der Waals surface area contributed by atoms with E-state index in [1.54, 1.807) is 12.3 Å². The van der Waals surface area contributed by atoms with E-state index in [9.17, 15) is 10.1 Å². The van der Waals surface area contributed by atoms with Crippen molar-refractivity contribution < 1.29 is 4.79 Å². The van der Waals surface area contributed by atoms with Crippen LogP contribution >= 0.6 is 0 Å². The molecule has 0 N–H and O–H groups in total. The second kappa shape index (κ2) is 6.35. The van der Waals surface area contributed by atoms with Crippen molar-refractivity contribution in [1.82, 2.24) is 9.88 Å². The average molecular weight is 298 g/mol. The maximum Gasteiger partial charge on any atom is 0.222 e. The first-order valence-corrected chi connectivity index (χ1v) is 8.17. The lowest BCUT2D eigenvalue weighted by Gasteiger charge is -2.35. The summed E-state index contributed by atoms with van der Waals surface area (Å²) in [6, 6.07) is 6.42. The summed E-state index contributed by atoms with van der Waals surface area (Å²) in [6.07, 6.45) is 6.61. The number of carbonyl (C=O) groups is 1. The predicted octanol–water partition coefficient (Wildman–Crippen LogP) is 2.32. The minimum Gasteiger partial charge on any atom is -0.350 e. The van der Waals surface area contributed by atoms with Gasteiger partial charge in [-0.1, -0.05) is 6.92 Å². The summed E-state index contributed by atoms with van der Waals surface area (Å²) in [4.78, 5) is 20.9. The third-order valence-corrected chi connectivity index (χ3v) is 4.84. The van der Waals surface area contributed by atoms with Crippen LogP contribution in [0.15, 0.2) is 18.3 Å². The van der Waals surface area contributed by atoms with Crippen LogP contribution in [-0.2, 0) is 4.79 Å². The summed E-state index contributed by atoms with van der Waals surface area (Å²) in [5.74, 6) is 1.03. The first-order chi connectivity index (χ1) is 10.8. The quantitative estimate of drug-likeness (QED) is 0.859. The molecule has 1 aromatic rings. The molecule has 1 amide bonds. The van der Waals surface area contributed by atoms with Crippen molar-refractivity contribution in [1.29, 1.82) is 5.26 Å². The molecule has 5 nitrogen and oxygen atoms in total. The normalized spacial score (nSPS) is 24.5. The zero-order valence-corrected chi connectivity index (χ0v) is 13.0. The summed E-state index contributed by atoms with van der Waals surface area (Å²) in [7, 11) is 0. The molecule has 2 fully saturated rings. The SMILES string of the molecule is CCC(=O)N1CCC[C@H]1[C@@H]1CCCN1c1ncccc1C#N. The number of nitrogens with zero attached hydrogens (tertiary/aromatic N) is 4. The Morgan fingerprint density at radius 1 is 1.36 bits per heavy atom. The van der Waals surface area contributed by atoms with Crippen LogP contribution < -0.4 is 4.90 Å². The summed E-state index contributed by atoms with van der Waals surface area (Å²) in [6.45, 7) is 3.71. The molecule has 0 aromatic carbocycles. The standard InChI is InChI=1S/C17H22N4O/c1-2-16(22)20-10-4-7-14(20)15-8-5-11-21(15)17-13(12-18)6-3-9-19-17/h3,6,9,14-15H,2,4-5,7-8,10-11H2,1H3/t14-,15-/m0/s1. The van der Waals surface area contributed by atoms with Crippen molar-refractivity contribution >= 4 is 11.7 Å². The van der Waals surface area contributed by atoms with Crippen LogP contribution in [0.1, 0.15) is 44.6 Å². The molecule has 3 rings (SSSR count). The van der Waals surface area contributed by atoms with E-state index in [2.05, 4.69) is 20.9 Å². The molecule has 2 aliphatic heterocycles. The van der Waals surface area contributed by atoms with E-state index in [1.165, 1.54) is 0 Å². The van der Waals surface area contributed by atoms with Crippen molar-refractivity contribution in [2.75, 3.05) is 18.0 Å². The molecule has 2 saturated heterocycles. The Kier molecular flexibility index (Phi) is 4.28. The van der Waals surface area contributed by atoms with Crippen LogP contribution in [0, 0.1) is 11.3 Å². The number of anilines is 1. The van der Waals surface area contributed by atoms with E-state index in [4.69, 9.17) is 0 Å². The van der Waals surface area contributed by atoms with Crippen molar-refractivity contribution in [2.24, 2.45) is 0 Å². The Bertz CT molecular complexity index is 595. The molecule has 0 saturated carbocycles. The maximum absolute atomic E-state index is 12.2. The van der Waals surface area contributed by atoms with E-state index >= 15 is 0 Å². The van der Waals surface area contributed by atoms with Gasteiger partial charge in [0.1, 0.15) is 11.9 Å². The molecule has 1 aromatic heterocycles. The van der Waals surface area contributed by atoms with Gasteiger partial charge in [0, 0.05) is 25.7 Å². The van der Waals surface area contributed by atoms with Gasteiger partial charge in [-0.3, -0.25) is 4.79 Å². The highest BCUT2D eigenvalue weighted by molar-refractivity contribution is 5.76. The number of hydrogen-bond acceptors (Lipinski definition) is 4.